The molecule has 0 aliphatic carbocycles. The van der Waals surface area contributed by atoms with Gasteiger partial charge in [-0.15, -0.1) is 0 Å². The second kappa shape index (κ2) is 6.84. The number of hydrogen-bond acceptors (Lipinski definition) is 3. The first-order valence-electron chi connectivity index (χ1n) is 7.55. The molecule has 1 aromatic heterocycles. The van der Waals surface area contributed by atoms with Crippen molar-refractivity contribution in [2.24, 2.45) is 7.05 Å². The molecule has 2 aromatic carbocycles. The lowest BCUT2D eigenvalue weighted by atomic mass is 10.2. The van der Waals surface area contributed by atoms with Crippen LogP contribution in [0.15, 0.2) is 53.3 Å². The molecule has 1 heterocycles. The minimum Gasteiger partial charge on any atom is -0.352 e. The van der Waals surface area contributed by atoms with Gasteiger partial charge in [-0.1, -0.05) is 35.9 Å². The molecule has 0 saturated carbocycles. The Bertz CT molecular complexity index is 966. The fraction of sp³-hybridized carbons (Fsp3) is 0.167. The number of carbonyl (C=O) groups is 1. The predicted octanol–water partition coefficient (Wildman–Crippen LogP) is 2.56. The maximum atomic E-state index is 12.3. The SMILES string of the molecule is Cn1c(CCNC(=O)c2ccccc2Cl)nc2ccccc2c1=O. The van der Waals surface area contributed by atoms with Crippen molar-refractivity contribution < 1.29 is 4.79 Å². The van der Waals surface area contributed by atoms with Crippen LogP contribution in [0.25, 0.3) is 10.9 Å². The topological polar surface area (TPSA) is 64.0 Å². The van der Waals surface area contributed by atoms with E-state index in [2.05, 4.69) is 10.3 Å². The molecule has 0 unspecified atom stereocenters. The van der Waals surface area contributed by atoms with Gasteiger partial charge in [0.25, 0.3) is 11.5 Å². The first kappa shape index (κ1) is 16.2. The smallest absolute Gasteiger partial charge is 0.261 e. The Labute approximate surface area is 143 Å². The lowest BCUT2D eigenvalue weighted by Crippen LogP contribution is -2.29. The molecule has 6 heteroatoms. The second-order valence-electron chi connectivity index (χ2n) is 5.40. The molecule has 3 rings (SSSR count). The zero-order chi connectivity index (χ0) is 17.1. The number of para-hydroxylation sites is 1. The Morgan fingerprint density at radius 3 is 2.67 bits per heavy atom. The fourth-order valence-corrected chi connectivity index (χ4v) is 2.74. The lowest BCUT2D eigenvalue weighted by molar-refractivity contribution is 0.0954. The van der Waals surface area contributed by atoms with E-state index >= 15 is 0 Å². The summed E-state index contributed by atoms with van der Waals surface area (Å²) in [6.45, 7) is 0.364. The third-order valence-electron chi connectivity index (χ3n) is 3.83. The maximum absolute atomic E-state index is 12.3. The molecule has 0 aliphatic heterocycles. The predicted molar refractivity (Wildman–Crippen MR) is 94.5 cm³/mol. The van der Waals surface area contributed by atoms with Crippen molar-refractivity contribution in [2.75, 3.05) is 6.54 Å². The standard InChI is InChI=1S/C18H16ClN3O2/c1-22-16(21-15-9-5-3-7-13(15)18(22)24)10-11-20-17(23)12-6-2-4-8-14(12)19/h2-9H,10-11H2,1H3,(H,20,23). The molecule has 0 aliphatic rings. The summed E-state index contributed by atoms with van der Waals surface area (Å²) >= 11 is 6.01. The average molecular weight is 342 g/mol. The highest BCUT2D eigenvalue weighted by Crippen LogP contribution is 2.14. The summed E-state index contributed by atoms with van der Waals surface area (Å²) in [6.07, 6.45) is 0.451. The van der Waals surface area contributed by atoms with Gasteiger partial charge in [-0.05, 0) is 24.3 Å². The zero-order valence-electron chi connectivity index (χ0n) is 13.1. The van der Waals surface area contributed by atoms with Crippen LogP contribution < -0.4 is 10.9 Å². The molecule has 0 fully saturated rings. The second-order valence-corrected chi connectivity index (χ2v) is 5.80. The molecule has 1 N–H and O–H groups in total. The van der Waals surface area contributed by atoms with Crippen molar-refractivity contribution in [2.45, 2.75) is 6.42 Å². The van der Waals surface area contributed by atoms with Crippen LogP contribution in [0.2, 0.25) is 5.02 Å². The van der Waals surface area contributed by atoms with Gasteiger partial charge in [-0.25, -0.2) is 4.98 Å². The van der Waals surface area contributed by atoms with Gasteiger partial charge in [-0.3, -0.25) is 14.2 Å². The first-order valence-corrected chi connectivity index (χ1v) is 7.93. The summed E-state index contributed by atoms with van der Waals surface area (Å²) in [4.78, 5) is 29.0. The maximum Gasteiger partial charge on any atom is 0.261 e. The number of nitrogens with one attached hydrogen (secondary N) is 1. The molecule has 0 spiro atoms. The number of fused-ring (bicyclic) bond motifs is 1. The molecule has 0 atom stereocenters. The molecular weight excluding hydrogens is 326 g/mol. The molecule has 0 bridgehead atoms. The number of hydrogen-bond donors (Lipinski definition) is 1. The number of halogens is 1. The van der Waals surface area contributed by atoms with E-state index < -0.39 is 0 Å². The minimum absolute atomic E-state index is 0.0898. The van der Waals surface area contributed by atoms with E-state index in [9.17, 15) is 9.59 Å². The Balaban J connectivity index is 1.75. The lowest BCUT2D eigenvalue weighted by Gasteiger charge is -2.10. The Hall–Kier alpha value is -2.66. The summed E-state index contributed by atoms with van der Waals surface area (Å²) in [7, 11) is 1.69. The number of amides is 1. The van der Waals surface area contributed by atoms with E-state index in [1.165, 1.54) is 4.57 Å². The van der Waals surface area contributed by atoms with E-state index in [1.807, 2.05) is 18.2 Å². The highest BCUT2D eigenvalue weighted by atomic mass is 35.5. The van der Waals surface area contributed by atoms with E-state index in [-0.39, 0.29) is 11.5 Å². The summed E-state index contributed by atoms with van der Waals surface area (Å²) in [6, 6.07) is 14.1. The Morgan fingerprint density at radius 2 is 1.88 bits per heavy atom. The highest BCUT2D eigenvalue weighted by molar-refractivity contribution is 6.33. The number of carbonyl (C=O) groups excluding carboxylic acids is 1. The molecule has 3 aromatic rings. The van der Waals surface area contributed by atoms with E-state index in [4.69, 9.17) is 11.6 Å². The van der Waals surface area contributed by atoms with Crippen molar-refractivity contribution in [3.63, 3.8) is 0 Å². The van der Waals surface area contributed by atoms with Gasteiger partial charge < -0.3 is 5.32 Å². The zero-order valence-corrected chi connectivity index (χ0v) is 13.9. The van der Waals surface area contributed by atoms with E-state index in [1.54, 1.807) is 37.4 Å². The van der Waals surface area contributed by atoms with Crippen LogP contribution in [0.1, 0.15) is 16.2 Å². The van der Waals surface area contributed by atoms with Gasteiger partial charge in [0.15, 0.2) is 0 Å². The van der Waals surface area contributed by atoms with Crippen LogP contribution in [-0.2, 0) is 13.5 Å². The quantitative estimate of drug-likeness (QED) is 0.793. The van der Waals surface area contributed by atoms with Crippen LogP contribution in [0.5, 0.6) is 0 Å². The van der Waals surface area contributed by atoms with Crippen molar-refractivity contribution in [1.29, 1.82) is 0 Å². The number of nitrogens with zero attached hydrogens (tertiary/aromatic N) is 2. The molecule has 24 heavy (non-hydrogen) atoms. The van der Waals surface area contributed by atoms with Gasteiger partial charge in [0, 0.05) is 20.0 Å². The summed E-state index contributed by atoms with van der Waals surface area (Å²) in [5, 5.41) is 3.80. The van der Waals surface area contributed by atoms with Crippen LogP contribution in [0.4, 0.5) is 0 Å². The van der Waals surface area contributed by atoms with Gasteiger partial charge >= 0.3 is 0 Å². The molecule has 5 nitrogen and oxygen atoms in total. The molecule has 0 saturated heterocycles. The number of aromatic nitrogens is 2. The van der Waals surface area contributed by atoms with Gasteiger partial charge in [0.2, 0.25) is 0 Å². The monoisotopic (exact) mass is 341 g/mol. The largest absolute Gasteiger partial charge is 0.352 e. The van der Waals surface area contributed by atoms with Crippen molar-refractivity contribution in [3.8, 4) is 0 Å². The molecule has 0 radical (unpaired) electrons. The van der Waals surface area contributed by atoms with Crippen LogP contribution in [0, 0.1) is 0 Å². The van der Waals surface area contributed by atoms with Crippen molar-refractivity contribution >= 4 is 28.4 Å². The highest BCUT2D eigenvalue weighted by Gasteiger charge is 2.11. The van der Waals surface area contributed by atoms with Crippen LogP contribution >= 0.6 is 11.6 Å². The fourth-order valence-electron chi connectivity index (χ4n) is 2.52. The first-order chi connectivity index (χ1) is 11.6. The third kappa shape index (κ3) is 3.16. The molecule has 122 valence electrons. The average Bonchev–Trinajstić information content (AvgIpc) is 2.59. The molecular formula is C18H16ClN3O2. The third-order valence-corrected chi connectivity index (χ3v) is 4.16. The summed E-state index contributed by atoms with van der Waals surface area (Å²) in [5.41, 5.74) is 1.00. The van der Waals surface area contributed by atoms with E-state index in [0.717, 1.165) is 0 Å². The Morgan fingerprint density at radius 1 is 1.17 bits per heavy atom. The summed E-state index contributed by atoms with van der Waals surface area (Å²) < 4.78 is 1.52. The number of rotatable bonds is 4. The van der Waals surface area contributed by atoms with Crippen molar-refractivity contribution in [1.82, 2.24) is 14.9 Å². The van der Waals surface area contributed by atoms with Crippen LogP contribution in [0.3, 0.4) is 0 Å². The van der Waals surface area contributed by atoms with Gasteiger partial charge in [0.1, 0.15) is 5.82 Å². The van der Waals surface area contributed by atoms with E-state index in [0.29, 0.717) is 40.3 Å². The van der Waals surface area contributed by atoms with Crippen molar-refractivity contribution in [3.05, 3.63) is 75.3 Å². The van der Waals surface area contributed by atoms with Crippen LogP contribution in [-0.4, -0.2) is 22.0 Å². The summed E-state index contributed by atoms with van der Waals surface area (Å²) in [5.74, 6) is 0.379. The Kier molecular flexibility index (Phi) is 4.62. The number of benzene rings is 2. The molecule has 1 amide bonds. The van der Waals surface area contributed by atoms with Gasteiger partial charge in [-0.2, -0.15) is 0 Å². The van der Waals surface area contributed by atoms with Gasteiger partial charge in [0.05, 0.1) is 21.5 Å². The minimum atomic E-state index is -0.244. The normalized spacial score (nSPS) is 10.8.